The molecule has 354 valence electrons. The molecule has 0 amide bonds. The topological polar surface area (TPSA) is 113 Å². The van der Waals surface area contributed by atoms with Crippen molar-refractivity contribution in [2.45, 2.75) is 131 Å². The predicted octanol–water partition coefficient (Wildman–Crippen LogP) is 16.0. The van der Waals surface area contributed by atoms with Crippen molar-refractivity contribution < 1.29 is 22.5 Å². The molecule has 69 heavy (non-hydrogen) atoms. The first-order valence-corrected chi connectivity index (χ1v) is 24.8. The maximum Gasteiger partial charge on any atom is 0.203 e. The van der Waals surface area contributed by atoms with Crippen molar-refractivity contribution in [3.8, 4) is 0 Å². The van der Waals surface area contributed by atoms with Crippen LogP contribution in [0.1, 0.15) is 141 Å². The molecule has 5 aromatic heterocycles. The molecule has 0 unspecified atom stereocenters. The fourth-order valence-corrected chi connectivity index (χ4v) is 8.55. The molecule has 0 N–H and O–H groups in total. The molecular weight excluding hydrogens is 857 g/mol. The number of rotatable bonds is 4. The van der Waals surface area contributed by atoms with Gasteiger partial charge in [0.15, 0.2) is 22.6 Å². The minimum Gasteiger partial charge on any atom is -0.461 e. The van der Waals surface area contributed by atoms with E-state index < -0.39 is 0 Å². The summed E-state index contributed by atoms with van der Waals surface area (Å²) in [4.78, 5) is 13.3. The Balaban J connectivity index is 0.000000100. The van der Waals surface area contributed by atoms with Crippen molar-refractivity contribution in [2.24, 2.45) is 0 Å². The largest absolute Gasteiger partial charge is 0.461 e. The SMILES string of the molecule is Cc1cc2cc(C3CC3)oc2cc1C.Cc1cc2cccnc2cc1C.Cc1cc2nc(C3CC3)oc2cc1C.Cc1cc2nc(C3COC3)oc2cc1C.Cc1cc2onc(C3CC3)c2cc1C. The van der Waals surface area contributed by atoms with E-state index in [4.69, 9.17) is 22.5 Å². The molecule has 14 rings (SSSR count). The number of furan rings is 1. The maximum absolute atomic E-state index is 5.83. The Bertz CT molecular complexity index is 3210. The molecule has 10 aromatic rings. The number of benzene rings is 5. The van der Waals surface area contributed by atoms with Gasteiger partial charge in [-0.15, -0.1) is 0 Å². The van der Waals surface area contributed by atoms with E-state index in [1.807, 2.05) is 12.3 Å². The molecule has 0 bridgehead atoms. The molecule has 6 heterocycles. The Morgan fingerprint density at radius 1 is 0.420 bits per heavy atom. The maximum atomic E-state index is 5.83. The molecular formula is C60H64N4O5. The number of hydrogen-bond donors (Lipinski definition) is 0. The van der Waals surface area contributed by atoms with Gasteiger partial charge in [0.25, 0.3) is 0 Å². The van der Waals surface area contributed by atoms with Gasteiger partial charge >= 0.3 is 0 Å². The van der Waals surface area contributed by atoms with E-state index in [-0.39, 0.29) is 0 Å². The van der Waals surface area contributed by atoms with E-state index in [1.165, 1.54) is 122 Å². The molecule has 5 aromatic carbocycles. The highest BCUT2D eigenvalue weighted by atomic mass is 16.5. The first kappa shape index (κ1) is 46.2. The highest BCUT2D eigenvalue weighted by Gasteiger charge is 2.30. The third-order valence-corrected chi connectivity index (χ3v) is 14.4. The van der Waals surface area contributed by atoms with E-state index in [2.05, 4.69) is 162 Å². The van der Waals surface area contributed by atoms with Crippen LogP contribution < -0.4 is 0 Å². The van der Waals surface area contributed by atoms with Gasteiger partial charge in [0.05, 0.1) is 30.3 Å². The summed E-state index contributed by atoms with van der Waals surface area (Å²) < 4.78 is 27.7. The third-order valence-electron chi connectivity index (χ3n) is 14.4. The molecule has 9 nitrogen and oxygen atoms in total. The van der Waals surface area contributed by atoms with Crippen LogP contribution in [0, 0.1) is 69.2 Å². The van der Waals surface area contributed by atoms with Gasteiger partial charge in [0.1, 0.15) is 22.4 Å². The number of hydrogen-bond acceptors (Lipinski definition) is 9. The van der Waals surface area contributed by atoms with Gasteiger partial charge in [-0.1, -0.05) is 11.2 Å². The Morgan fingerprint density at radius 2 is 0.899 bits per heavy atom. The molecule has 0 radical (unpaired) electrons. The lowest BCUT2D eigenvalue weighted by molar-refractivity contribution is -0.00172. The zero-order valence-electron chi connectivity index (χ0n) is 41.9. The Labute approximate surface area is 404 Å². The quantitative estimate of drug-likeness (QED) is 0.170. The zero-order valence-corrected chi connectivity index (χ0v) is 41.9. The van der Waals surface area contributed by atoms with Crippen molar-refractivity contribution >= 4 is 55.0 Å². The molecule has 1 saturated heterocycles. The van der Waals surface area contributed by atoms with Crippen LogP contribution in [0.2, 0.25) is 0 Å². The van der Waals surface area contributed by atoms with Crippen LogP contribution in [0.5, 0.6) is 0 Å². The van der Waals surface area contributed by atoms with E-state index in [0.29, 0.717) is 23.7 Å². The molecule has 3 aliphatic carbocycles. The Morgan fingerprint density at radius 3 is 1.45 bits per heavy atom. The summed E-state index contributed by atoms with van der Waals surface area (Å²) in [6.07, 6.45) is 9.46. The molecule has 0 spiro atoms. The fraction of sp³-hybridized carbons (Fsp3) is 0.367. The lowest BCUT2D eigenvalue weighted by Crippen LogP contribution is -2.25. The van der Waals surface area contributed by atoms with Crippen LogP contribution in [0.25, 0.3) is 55.0 Å². The number of fused-ring (bicyclic) bond motifs is 5. The van der Waals surface area contributed by atoms with Crippen LogP contribution in [0.3, 0.4) is 0 Å². The van der Waals surface area contributed by atoms with Crippen LogP contribution in [-0.4, -0.2) is 33.3 Å². The number of oxazole rings is 2. The Kier molecular flexibility index (Phi) is 12.8. The molecule has 4 aliphatic rings. The summed E-state index contributed by atoms with van der Waals surface area (Å²) >= 11 is 0. The Hall–Kier alpha value is -6.58. The summed E-state index contributed by atoms with van der Waals surface area (Å²) in [5.74, 6) is 5.28. The second-order valence-electron chi connectivity index (χ2n) is 20.2. The van der Waals surface area contributed by atoms with Crippen LogP contribution in [0.4, 0.5) is 0 Å². The van der Waals surface area contributed by atoms with E-state index in [1.54, 1.807) is 0 Å². The highest BCUT2D eigenvalue weighted by molar-refractivity contribution is 5.83. The van der Waals surface area contributed by atoms with Crippen LogP contribution in [0.15, 0.2) is 103 Å². The summed E-state index contributed by atoms with van der Waals surface area (Å²) in [5, 5.41) is 7.86. The van der Waals surface area contributed by atoms with Gasteiger partial charge in [0, 0.05) is 40.1 Å². The third kappa shape index (κ3) is 10.4. The second-order valence-corrected chi connectivity index (χ2v) is 20.2. The van der Waals surface area contributed by atoms with Crippen molar-refractivity contribution in [3.63, 3.8) is 0 Å². The van der Waals surface area contributed by atoms with Gasteiger partial charge < -0.3 is 22.5 Å². The van der Waals surface area contributed by atoms with Gasteiger partial charge in [-0.25, -0.2) is 9.97 Å². The van der Waals surface area contributed by atoms with Crippen molar-refractivity contribution in [1.29, 1.82) is 0 Å². The standard InChI is InChI=1S/C13H14O.C12H13NO2.2C12H13NO.C11H11N/c1-8-5-11-7-13(10-3-4-10)14-12(11)6-9(8)2;1-7-3-10-11(4-8(7)2)15-12(13-10)9-5-14-6-9;1-7-5-10-11(6-8(7)2)14-12(13-10)9-3-4-9;1-7-5-10-11(6-8(7)2)14-13-12(10)9-3-4-9;1-8-6-10-4-3-5-12-11(10)7-9(8)2/h5-7,10H,3-4H2,1-2H3;3-4,9H,5-6H2,1-2H3;2*5-6,9H,3-4H2,1-2H3;3-7H,1-2H3. The summed E-state index contributed by atoms with van der Waals surface area (Å²) in [7, 11) is 0. The van der Waals surface area contributed by atoms with Gasteiger partial charge in [-0.05, 0) is 236 Å². The summed E-state index contributed by atoms with van der Waals surface area (Å²) in [6.45, 7) is 22.6. The van der Waals surface area contributed by atoms with Gasteiger partial charge in [-0.3, -0.25) is 4.98 Å². The van der Waals surface area contributed by atoms with Crippen LogP contribution in [-0.2, 0) is 4.74 Å². The minimum atomic E-state index is 0.359. The molecule has 1 aliphatic heterocycles. The smallest absolute Gasteiger partial charge is 0.203 e. The molecule has 9 heteroatoms. The zero-order chi connectivity index (χ0) is 48.1. The molecule has 3 saturated carbocycles. The average Bonchev–Trinajstić information content (AvgIpc) is 4.26. The number of ether oxygens (including phenoxy) is 1. The number of nitrogens with zero attached hydrogens (tertiary/aromatic N) is 4. The lowest BCUT2D eigenvalue weighted by atomic mass is 10.1. The first-order valence-electron chi connectivity index (χ1n) is 24.8. The molecule has 4 fully saturated rings. The molecule has 0 atom stereocenters. The van der Waals surface area contributed by atoms with Crippen molar-refractivity contribution in [1.82, 2.24) is 20.1 Å². The van der Waals surface area contributed by atoms with Crippen molar-refractivity contribution in [2.75, 3.05) is 13.2 Å². The van der Waals surface area contributed by atoms with Gasteiger partial charge in [-0.2, -0.15) is 0 Å². The summed E-state index contributed by atoms with van der Waals surface area (Å²) in [6, 6.07) is 27.6. The number of aromatic nitrogens is 4. The van der Waals surface area contributed by atoms with Crippen molar-refractivity contribution in [3.05, 3.63) is 164 Å². The normalized spacial score (nSPS) is 15.5. The summed E-state index contributed by atoms with van der Waals surface area (Å²) in [5.41, 5.74) is 21.0. The number of aryl methyl sites for hydroxylation is 10. The lowest BCUT2D eigenvalue weighted by Gasteiger charge is -2.22. The minimum absolute atomic E-state index is 0.359. The number of pyridine rings is 1. The van der Waals surface area contributed by atoms with E-state index in [0.717, 1.165) is 63.9 Å². The van der Waals surface area contributed by atoms with Crippen LogP contribution >= 0.6 is 0 Å². The fourth-order valence-electron chi connectivity index (χ4n) is 8.55. The first-order chi connectivity index (χ1) is 33.2. The monoisotopic (exact) mass is 920 g/mol. The van der Waals surface area contributed by atoms with Gasteiger partial charge in [0.2, 0.25) is 5.89 Å². The highest BCUT2D eigenvalue weighted by Crippen LogP contribution is 2.44. The van der Waals surface area contributed by atoms with E-state index >= 15 is 0 Å². The average molecular weight is 921 g/mol. The van der Waals surface area contributed by atoms with E-state index in [9.17, 15) is 0 Å². The second kappa shape index (κ2) is 19.1. The predicted molar refractivity (Wildman–Crippen MR) is 277 cm³/mol.